The number of fused-ring (bicyclic) bond motifs is 1. The summed E-state index contributed by atoms with van der Waals surface area (Å²) in [6, 6.07) is 13.4. The third-order valence-corrected chi connectivity index (χ3v) is 7.91. The van der Waals surface area contributed by atoms with Crippen LogP contribution < -0.4 is 4.74 Å². The van der Waals surface area contributed by atoms with E-state index in [1.54, 1.807) is 18.9 Å². The zero-order valence-corrected chi connectivity index (χ0v) is 20.0. The van der Waals surface area contributed by atoms with E-state index in [2.05, 4.69) is 36.8 Å². The van der Waals surface area contributed by atoms with Crippen molar-refractivity contribution in [3.05, 3.63) is 53.1 Å². The molecule has 7 heteroatoms. The van der Waals surface area contributed by atoms with Gasteiger partial charge < -0.3 is 9.47 Å². The number of hydrogen-bond donors (Lipinski definition) is 1. The lowest BCUT2D eigenvalue weighted by Gasteiger charge is -2.25. The van der Waals surface area contributed by atoms with Gasteiger partial charge in [-0.25, -0.2) is 4.89 Å². The summed E-state index contributed by atoms with van der Waals surface area (Å²) >= 11 is 1.75. The highest BCUT2D eigenvalue weighted by Crippen LogP contribution is 2.45. The van der Waals surface area contributed by atoms with Gasteiger partial charge in [-0.3, -0.25) is 10.2 Å². The van der Waals surface area contributed by atoms with Crippen LogP contribution in [-0.2, 0) is 21.8 Å². The van der Waals surface area contributed by atoms with Crippen molar-refractivity contribution in [1.29, 1.82) is 0 Å². The Kier molecular flexibility index (Phi) is 8.13. The molecule has 0 saturated carbocycles. The molecule has 1 atom stereocenters. The van der Waals surface area contributed by atoms with Crippen LogP contribution in [0.25, 0.3) is 0 Å². The van der Waals surface area contributed by atoms with Crippen molar-refractivity contribution < 1.29 is 19.6 Å². The molecule has 5 nitrogen and oxygen atoms in total. The minimum Gasteiger partial charge on any atom is -0.467 e. The molecule has 0 bridgehead atoms. The first-order valence-corrected chi connectivity index (χ1v) is 14.9. The van der Waals surface area contributed by atoms with Gasteiger partial charge in [0.2, 0.25) is 0 Å². The summed E-state index contributed by atoms with van der Waals surface area (Å²) in [5, 5.41) is 9.87. The minimum atomic E-state index is -1.31. The zero-order valence-electron chi connectivity index (χ0n) is 18.2. The summed E-state index contributed by atoms with van der Waals surface area (Å²) in [6.07, 6.45) is 2.99. The maximum absolute atomic E-state index is 9.87. The summed E-state index contributed by atoms with van der Waals surface area (Å²) in [7, 11) is 0.292. The van der Waals surface area contributed by atoms with Gasteiger partial charge >= 0.3 is 0 Å². The van der Waals surface area contributed by atoms with Gasteiger partial charge in [0.05, 0.1) is 5.69 Å². The Morgan fingerprint density at radius 3 is 2.63 bits per heavy atom. The Morgan fingerprint density at radius 2 is 1.97 bits per heavy atom. The monoisotopic (exact) mass is 445 g/mol. The van der Waals surface area contributed by atoms with E-state index in [9.17, 15) is 5.26 Å². The number of hydrogen-bond acceptors (Lipinski definition) is 6. The van der Waals surface area contributed by atoms with Gasteiger partial charge in [-0.15, -0.1) is 11.8 Å². The van der Waals surface area contributed by atoms with E-state index >= 15 is 0 Å². The SMILES string of the molecule is COCOc1cc2c(c(CSc3ccccc3)c1C(CC[Si](C)(C)C)OO)N=CC2. The van der Waals surface area contributed by atoms with Crippen LogP contribution in [0.5, 0.6) is 5.75 Å². The fourth-order valence-corrected chi connectivity index (χ4v) is 5.63. The van der Waals surface area contributed by atoms with Crippen molar-refractivity contribution >= 4 is 31.7 Å². The molecule has 162 valence electrons. The van der Waals surface area contributed by atoms with Gasteiger partial charge in [-0.05, 0) is 35.7 Å². The fraction of sp³-hybridized carbons (Fsp3) is 0.435. The van der Waals surface area contributed by atoms with Crippen molar-refractivity contribution in [2.24, 2.45) is 4.99 Å². The molecule has 1 unspecified atom stereocenters. The van der Waals surface area contributed by atoms with E-state index in [-0.39, 0.29) is 6.79 Å². The molecule has 30 heavy (non-hydrogen) atoms. The molecule has 0 saturated heterocycles. The van der Waals surface area contributed by atoms with E-state index in [0.29, 0.717) is 5.75 Å². The van der Waals surface area contributed by atoms with E-state index in [1.165, 1.54) is 4.90 Å². The number of methoxy groups -OCH3 is 1. The first-order chi connectivity index (χ1) is 14.4. The molecule has 0 spiro atoms. The molecule has 0 radical (unpaired) electrons. The first-order valence-electron chi connectivity index (χ1n) is 10.2. The number of benzene rings is 2. The number of nitrogens with zero attached hydrogens (tertiary/aromatic N) is 1. The molecule has 2 aromatic rings. The maximum Gasteiger partial charge on any atom is 0.188 e. The second-order valence-corrected chi connectivity index (χ2v) is 15.3. The van der Waals surface area contributed by atoms with Crippen LogP contribution in [-0.4, -0.2) is 33.4 Å². The second kappa shape index (κ2) is 10.6. The molecule has 1 aliphatic heterocycles. The summed E-state index contributed by atoms with van der Waals surface area (Å²) in [5.41, 5.74) is 4.06. The molecule has 1 heterocycles. The summed E-state index contributed by atoms with van der Waals surface area (Å²) < 4.78 is 11.1. The lowest BCUT2D eigenvalue weighted by Crippen LogP contribution is -2.21. The molecule has 0 fully saturated rings. The Bertz CT molecular complexity index is 868. The molecule has 3 rings (SSSR count). The van der Waals surface area contributed by atoms with E-state index in [0.717, 1.165) is 47.0 Å². The number of rotatable bonds is 11. The first kappa shape index (κ1) is 23.0. The molecule has 0 aliphatic carbocycles. The van der Waals surface area contributed by atoms with Crippen LogP contribution >= 0.6 is 11.8 Å². The molecular weight excluding hydrogens is 414 g/mol. The summed E-state index contributed by atoms with van der Waals surface area (Å²) in [5.74, 6) is 1.43. The standard InChI is InChI=1S/C23H31NO4SSi/c1-26-16-27-21-14-17-10-12-24-23(17)19(15-29-18-8-6-5-7-9-18)22(21)20(28-25)11-13-30(2,3)4/h5-9,12,14,20,25H,10-11,13,15-16H2,1-4H3. The third kappa shape index (κ3) is 5.95. The van der Waals surface area contributed by atoms with Crippen molar-refractivity contribution in [3.63, 3.8) is 0 Å². The highest BCUT2D eigenvalue weighted by Gasteiger charge is 2.29. The molecule has 0 amide bonds. The lowest BCUT2D eigenvalue weighted by molar-refractivity contribution is -0.282. The van der Waals surface area contributed by atoms with Crippen molar-refractivity contribution in [3.8, 4) is 5.75 Å². The second-order valence-electron chi connectivity index (χ2n) is 8.64. The van der Waals surface area contributed by atoms with Crippen LogP contribution in [0.3, 0.4) is 0 Å². The predicted octanol–water partition coefficient (Wildman–Crippen LogP) is 6.48. The average Bonchev–Trinajstić information content (AvgIpc) is 3.19. The predicted molar refractivity (Wildman–Crippen MR) is 126 cm³/mol. The lowest BCUT2D eigenvalue weighted by atomic mass is 9.95. The topological polar surface area (TPSA) is 60.3 Å². The van der Waals surface area contributed by atoms with Crippen LogP contribution in [0.15, 0.2) is 46.3 Å². The van der Waals surface area contributed by atoms with E-state index < -0.39 is 14.2 Å². The summed E-state index contributed by atoms with van der Waals surface area (Å²) in [4.78, 5) is 10.9. The number of aliphatic imine (C=N–C) groups is 1. The van der Waals surface area contributed by atoms with E-state index in [4.69, 9.17) is 14.4 Å². The van der Waals surface area contributed by atoms with Crippen LogP contribution in [0.2, 0.25) is 25.7 Å². The third-order valence-electron chi connectivity index (χ3n) is 5.08. The Morgan fingerprint density at radius 1 is 1.20 bits per heavy atom. The number of thioether (sulfide) groups is 1. The Hall–Kier alpha value is -1.64. The van der Waals surface area contributed by atoms with Gasteiger partial charge in [0.25, 0.3) is 0 Å². The zero-order chi connectivity index (χ0) is 21.6. The van der Waals surface area contributed by atoms with Crippen molar-refractivity contribution in [2.75, 3.05) is 13.9 Å². The normalized spacial score (nSPS) is 14.0. The molecule has 1 N–H and O–H groups in total. The van der Waals surface area contributed by atoms with Gasteiger partial charge in [-0.2, -0.15) is 0 Å². The highest BCUT2D eigenvalue weighted by molar-refractivity contribution is 7.98. The number of ether oxygens (including phenoxy) is 2. The van der Waals surface area contributed by atoms with Gasteiger partial charge in [-0.1, -0.05) is 43.9 Å². The maximum atomic E-state index is 9.87. The fourth-order valence-electron chi connectivity index (χ4n) is 3.55. The van der Waals surface area contributed by atoms with Crippen molar-refractivity contribution in [1.82, 2.24) is 0 Å². The quantitative estimate of drug-likeness (QED) is 0.141. The van der Waals surface area contributed by atoms with Crippen molar-refractivity contribution in [2.45, 2.75) is 55.3 Å². The van der Waals surface area contributed by atoms with Crippen LogP contribution in [0.1, 0.15) is 29.2 Å². The molecule has 0 aromatic heterocycles. The largest absolute Gasteiger partial charge is 0.467 e. The highest BCUT2D eigenvalue weighted by atomic mass is 32.2. The van der Waals surface area contributed by atoms with E-state index in [1.807, 2.05) is 30.5 Å². The average molecular weight is 446 g/mol. The minimum absolute atomic E-state index is 0.143. The molecule has 1 aliphatic rings. The van der Waals surface area contributed by atoms with Crippen LogP contribution in [0.4, 0.5) is 5.69 Å². The molecular formula is C23H31NO4SSi. The molecule has 2 aromatic carbocycles. The summed E-state index contributed by atoms with van der Waals surface area (Å²) in [6.45, 7) is 7.11. The van der Waals surface area contributed by atoms with Gasteiger partial charge in [0.15, 0.2) is 6.79 Å². The van der Waals surface area contributed by atoms with Crippen LogP contribution in [0, 0.1) is 0 Å². The van der Waals surface area contributed by atoms with Gasteiger partial charge in [0, 0.05) is 44.0 Å². The smallest absolute Gasteiger partial charge is 0.188 e. The Balaban J connectivity index is 2.01. The van der Waals surface area contributed by atoms with Gasteiger partial charge in [0.1, 0.15) is 11.9 Å². The Labute approximate surface area is 184 Å².